The molecule has 6 nitrogen and oxygen atoms in total. The summed E-state index contributed by atoms with van der Waals surface area (Å²) < 4.78 is 24.7. The van der Waals surface area contributed by atoms with E-state index in [-0.39, 0.29) is 5.56 Å². The number of carbonyl (C=O) groups excluding carboxylic acids is 2. The first-order valence-electron chi connectivity index (χ1n) is 8.47. The molecule has 8 heteroatoms. The fraction of sp³-hybridized carbons (Fsp3) is 0.100. The van der Waals surface area contributed by atoms with Crippen molar-refractivity contribution in [2.45, 2.75) is 0 Å². The summed E-state index contributed by atoms with van der Waals surface area (Å²) in [6.07, 6.45) is 0. The van der Waals surface area contributed by atoms with Crippen LogP contribution in [0.4, 0.5) is 4.39 Å². The number of hydrogen-bond acceptors (Lipinski definition) is 5. The second-order valence-corrected chi connectivity index (χ2v) is 6.99. The summed E-state index contributed by atoms with van der Waals surface area (Å²) in [5.74, 6) is -0.513. The predicted molar refractivity (Wildman–Crippen MR) is 102 cm³/mol. The molecule has 0 unspecified atom stereocenters. The van der Waals surface area contributed by atoms with Crippen molar-refractivity contribution in [2.75, 3.05) is 13.2 Å². The van der Waals surface area contributed by atoms with Gasteiger partial charge in [-0.25, -0.2) is 4.39 Å². The number of rotatable bonds is 3. The Morgan fingerprint density at radius 3 is 2.46 bits per heavy atom. The second kappa shape index (κ2) is 7.69. The molecule has 2 N–H and O–H groups in total. The molecule has 0 saturated heterocycles. The Balaban J connectivity index is 1.43. The van der Waals surface area contributed by atoms with E-state index in [1.165, 1.54) is 29.5 Å². The maximum atomic E-state index is 13.6. The van der Waals surface area contributed by atoms with Crippen molar-refractivity contribution < 1.29 is 23.5 Å². The van der Waals surface area contributed by atoms with Gasteiger partial charge < -0.3 is 9.47 Å². The minimum absolute atomic E-state index is 0.147. The van der Waals surface area contributed by atoms with Gasteiger partial charge in [-0.1, -0.05) is 12.1 Å². The van der Waals surface area contributed by atoms with Gasteiger partial charge in [0.25, 0.3) is 11.8 Å². The van der Waals surface area contributed by atoms with Crippen LogP contribution >= 0.6 is 11.3 Å². The number of halogens is 1. The van der Waals surface area contributed by atoms with Crippen LogP contribution in [0, 0.1) is 5.82 Å². The third-order valence-electron chi connectivity index (χ3n) is 4.06. The first kappa shape index (κ1) is 18.0. The lowest BCUT2D eigenvalue weighted by atomic mass is 10.1. The first-order chi connectivity index (χ1) is 13.6. The van der Waals surface area contributed by atoms with Crippen LogP contribution < -0.4 is 20.3 Å². The van der Waals surface area contributed by atoms with Crippen LogP contribution in [-0.4, -0.2) is 25.0 Å². The molecule has 0 bridgehead atoms. The predicted octanol–water partition coefficient (Wildman–Crippen LogP) is 3.40. The van der Waals surface area contributed by atoms with Crippen molar-refractivity contribution in [3.8, 4) is 21.9 Å². The van der Waals surface area contributed by atoms with E-state index in [0.717, 1.165) is 10.4 Å². The van der Waals surface area contributed by atoms with Crippen molar-refractivity contribution >= 4 is 23.2 Å². The Bertz CT molecular complexity index is 1050. The number of thiophene rings is 1. The number of nitrogens with one attached hydrogen (secondary N) is 2. The summed E-state index contributed by atoms with van der Waals surface area (Å²) >= 11 is 1.26. The fourth-order valence-corrected chi connectivity index (χ4v) is 3.60. The monoisotopic (exact) mass is 398 g/mol. The highest BCUT2D eigenvalue weighted by molar-refractivity contribution is 7.17. The second-order valence-electron chi connectivity index (χ2n) is 5.91. The standard InChI is InChI=1S/C20H15FN2O4S/c21-14-4-2-1-3-13(14)19(24)22-23-20(25)18-8-7-17(28-18)12-5-6-15-16(11-12)27-10-9-26-15/h1-8,11H,9-10H2,(H,22,24)(H,23,25). The van der Waals surface area contributed by atoms with E-state index in [0.29, 0.717) is 29.6 Å². The van der Waals surface area contributed by atoms with Crippen LogP contribution in [0.5, 0.6) is 11.5 Å². The van der Waals surface area contributed by atoms with Crippen LogP contribution in [0.2, 0.25) is 0 Å². The molecule has 0 saturated carbocycles. The molecular weight excluding hydrogens is 383 g/mol. The van der Waals surface area contributed by atoms with Crippen molar-refractivity contribution in [3.63, 3.8) is 0 Å². The molecule has 0 fully saturated rings. The smallest absolute Gasteiger partial charge is 0.279 e. The molecule has 3 aromatic rings. The Morgan fingerprint density at radius 2 is 1.64 bits per heavy atom. The summed E-state index contributed by atoms with van der Waals surface area (Å²) in [6, 6.07) is 14.6. The third kappa shape index (κ3) is 3.67. The molecule has 0 radical (unpaired) electrons. The summed E-state index contributed by atoms with van der Waals surface area (Å²) in [4.78, 5) is 25.5. The maximum Gasteiger partial charge on any atom is 0.279 e. The van der Waals surface area contributed by atoms with Crippen molar-refractivity contribution in [2.24, 2.45) is 0 Å². The average Bonchev–Trinajstić information content (AvgIpc) is 3.22. The zero-order chi connectivity index (χ0) is 19.5. The summed E-state index contributed by atoms with van der Waals surface area (Å²) in [5, 5.41) is 0. The van der Waals surface area contributed by atoms with Gasteiger partial charge in [0, 0.05) is 4.88 Å². The number of fused-ring (bicyclic) bond motifs is 1. The van der Waals surface area contributed by atoms with Gasteiger partial charge in [0.15, 0.2) is 11.5 Å². The minimum Gasteiger partial charge on any atom is -0.486 e. The molecule has 2 aromatic carbocycles. The van der Waals surface area contributed by atoms with E-state index in [2.05, 4.69) is 10.9 Å². The van der Waals surface area contributed by atoms with Gasteiger partial charge in [0.2, 0.25) is 0 Å². The molecule has 142 valence electrons. The molecule has 0 aliphatic carbocycles. The molecule has 2 heterocycles. The van der Waals surface area contributed by atoms with Crippen LogP contribution in [0.25, 0.3) is 10.4 Å². The Kier molecular flexibility index (Phi) is 4.94. The number of hydrogen-bond donors (Lipinski definition) is 2. The summed E-state index contributed by atoms with van der Waals surface area (Å²) in [6.45, 7) is 1.02. The number of benzene rings is 2. The van der Waals surface area contributed by atoms with Gasteiger partial charge in [-0.05, 0) is 48.0 Å². The maximum absolute atomic E-state index is 13.6. The van der Waals surface area contributed by atoms with E-state index in [1.54, 1.807) is 12.1 Å². The van der Waals surface area contributed by atoms with Gasteiger partial charge in [0.1, 0.15) is 19.0 Å². The highest BCUT2D eigenvalue weighted by Gasteiger charge is 2.16. The zero-order valence-corrected chi connectivity index (χ0v) is 15.3. The molecule has 0 atom stereocenters. The number of hydrazine groups is 1. The van der Waals surface area contributed by atoms with Crippen LogP contribution in [-0.2, 0) is 0 Å². The SMILES string of the molecule is O=C(NNC(=O)c1ccccc1F)c1ccc(-c2ccc3c(c2)OCCO3)s1. The first-order valence-corrected chi connectivity index (χ1v) is 9.28. The lowest BCUT2D eigenvalue weighted by Gasteiger charge is -2.18. The molecule has 1 aliphatic heterocycles. The van der Waals surface area contributed by atoms with E-state index in [9.17, 15) is 14.0 Å². The molecular formula is C20H15FN2O4S. The number of ether oxygens (including phenoxy) is 2. The molecule has 2 amide bonds. The van der Waals surface area contributed by atoms with Gasteiger partial charge >= 0.3 is 0 Å². The van der Waals surface area contributed by atoms with E-state index >= 15 is 0 Å². The van der Waals surface area contributed by atoms with Crippen molar-refractivity contribution in [1.82, 2.24) is 10.9 Å². The third-order valence-corrected chi connectivity index (χ3v) is 5.20. The zero-order valence-electron chi connectivity index (χ0n) is 14.5. The summed E-state index contributed by atoms with van der Waals surface area (Å²) in [5.41, 5.74) is 5.26. The van der Waals surface area contributed by atoms with E-state index < -0.39 is 17.6 Å². The van der Waals surface area contributed by atoms with Crippen LogP contribution in [0.15, 0.2) is 54.6 Å². The van der Waals surface area contributed by atoms with E-state index in [4.69, 9.17) is 9.47 Å². The fourth-order valence-electron chi connectivity index (χ4n) is 2.70. The van der Waals surface area contributed by atoms with Crippen LogP contribution in [0.3, 0.4) is 0 Å². The Hall–Kier alpha value is -3.39. The number of amides is 2. The molecule has 1 aromatic heterocycles. The summed E-state index contributed by atoms with van der Waals surface area (Å²) in [7, 11) is 0. The van der Waals surface area contributed by atoms with Gasteiger partial charge in [-0.3, -0.25) is 20.4 Å². The largest absolute Gasteiger partial charge is 0.486 e. The lowest BCUT2D eigenvalue weighted by Crippen LogP contribution is -2.41. The Labute approximate surface area is 163 Å². The van der Waals surface area contributed by atoms with Crippen molar-refractivity contribution in [3.05, 3.63) is 70.9 Å². The highest BCUT2D eigenvalue weighted by atomic mass is 32.1. The minimum atomic E-state index is -0.727. The van der Waals surface area contributed by atoms with E-state index in [1.807, 2.05) is 24.3 Å². The quantitative estimate of drug-likeness (QED) is 0.663. The number of carbonyl (C=O) groups is 2. The lowest BCUT2D eigenvalue weighted by molar-refractivity contribution is 0.0846. The van der Waals surface area contributed by atoms with Gasteiger partial charge in [0.05, 0.1) is 10.4 Å². The van der Waals surface area contributed by atoms with Crippen molar-refractivity contribution in [1.29, 1.82) is 0 Å². The van der Waals surface area contributed by atoms with Gasteiger partial charge in [-0.15, -0.1) is 11.3 Å². The van der Waals surface area contributed by atoms with Gasteiger partial charge in [-0.2, -0.15) is 0 Å². The molecule has 0 spiro atoms. The highest BCUT2D eigenvalue weighted by Crippen LogP contribution is 2.36. The molecule has 4 rings (SSSR count). The average molecular weight is 398 g/mol. The van der Waals surface area contributed by atoms with Crippen LogP contribution in [0.1, 0.15) is 20.0 Å². The normalized spacial score (nSPS) is 12.3. The Morgan fingerprint density at radius 1 is 0.893 bits per heavy atom. The molecule has 1 aliphatic rings. The topological polar surface area (TPSA) is 76.7 Å². The molecule has 28 heavy (non-hydrogen) atoms.